The van der Waals surface area contributed by atoms with Crippen molar-refractivity contribution in [2.45, 2.75) is 25.9 Å². The van der Waals surface area contributed by atoms with Crippen LogP contribution in [0.2, 0.25) is 0 Å². The molecule has 0 aromatic heterocycles. The third kappa shape index (κ3) is 2.17. The van der Waals surface area contributed by atoms with E-state index in [1.807, 2.05) is 29.3 Å². The Morgan fingerprint density at radius 2 is 1.94 bits per heavy atom. The van der Waals surface area contributed by atoms with Gasteiger partial charge >= 0.3 is 0 Å². The van der Waals surface area contributed by atoms with E-state index in [-0.39, 0.29) is 5.91 Å². The highest BCUT2D eigenvalue weighted by atomic mass is 16.3. The molecule has 16 heavy (non-hydrogen) atoms. The van der Waals surface area contributed by atoms with Crippen molar-refractivity contribution in [3.63, 3.8) is 0 Å². The number of hydrogen-bond acceptors (Lipinski definition) is 3. The number of carbonyl (C=O) groups is 1. The van der Waals surface area contributed by atoms with Gasteiger partial charge in [0.25, 0.3) is 0 Å². The first-order valence-corrected chi connectivity index (χ1v) is 5.37. The van der Waals surface area contributed by atoms with Gasteiger partial charge in [0.15, 0.2) is 0 Å². The predicted octanol–water partition coefficient (Wildman–Crippen LogP) is 1.16. The monoisotopic (exact) mass is 220 g/mol. The summed E-state index contributed by atoms with van der Waals surface area (Å²) in [6.45, 7) is 4.19. The molecule has 1 aliphatic rings. The zero-order valence-electron chi connectivity index (χ0n) is 9.53. The number of rotatable bonds is 2. The van der Waals surface area contributed by atoms with Crippen molar-refractivity contribution in [3.8, 4) is 0 Å². The highest BCUT2D eigenvalue weighted by molar-refractivity contribution is 5.81. The average molecular weight is 220 g/mol. The fraction of sp³-hybridized carbons (Fsp3) is 0.417. The summed E-state index contributed by atoms with van der Waals surface area (Å²) in [5.41, 5.74) is 3.74. The lowest BCUT2D eigenvalue weighted by molar-refractivity contribution is -0.119. The predicted molar refractivity (Wildman–Crippen MR) is 61.8 cm³/mol. The van der Waals surface area contributed by atoms with Gasteiger partial charge in [0, 0.05) is 13.0 Å². The van der Waals surface area contributed by atoms with Crippen LogP contribution in [-0.2, 0) is 10.4 Å². The molecule has 4 heteroatoms. The number of nitrogens with one attached hydrogen (secondary N) is 1. The van der Waals surface area contributed by atoms with Gasteiger partial charge in [-0.25, -0.2) is 0 Å². The number of amides is 1. The first-order chi connectivity index (χ1) is 7.47. The molecule has 1 heterocycles. The van der Waals surface area contributed by atoms with E-state index in [4.69, 9.17) is 0 Å². The molecule has 2 rings (SSSR count). The van der Waals surface area contributed by atoms with Crippen LogP contribution in [-0.4, -0.2) is 17.6 Å². The Kier molecular flexibility index (Phi) is 2.59. The molecule has 1 amide bonds. The number of hydrogen-bond donors (Lipinski definition) is 2. The highest BCUT2D eigenvalue weighted by Crippen LogP contribution is 2.23. The van der Waals surface area contributed by atoms with Crippen LogP contribution in [0.5, 0.6) is 0 Å². The van der Waals surface area contributed by atoms with E-state index in [0.29, 0.717) is 13.0 Å². The maximum Gasteiger partial charge on any atom is 0.240 e. The van der Waals surface area contributed by atoms with Crippen LogP contribution in [0.4, 0.5) is 5.69 Å². The molecule has 86 valence electrons. The van der Waals surface area contributed by atoms with Crippen molar-refractivity contribution in [1.82, 2.24) is 5.43 Å². The summed E-state index contributed by atoms with van der Waals surface area (Å²) < 4.78 is 0. The van der Waals surface area contributed by atoms with Gasteiger partial charge in [-0.3, -0.25) is 15.2 Å². The molecule has 1 aliphatic heterocycles. The second-order valence-electron chi connectivity index (χ2n) is 4.54. The van der Waals surface area contributed by atoms with Gasteiger partial charge in [0.05, 0.1) is 11.3 Å². The van der Waals surface area contributed by atoms with Gasteiger partial charge < -0.3 is 5.11 Å². The van der Waals surface area contributed by atoms with E-state index in [9.17, 15) is 9.90 Å². The molecule has 0 radical (unpaired) electrons. The molecule has 1 aromatic rings. The lowest BCUT2D eigenvalue weighted by Crippen LogP contribution is -2.32. The Labute approximate surface area is 94.9 Å². The van der Waals surface area contributed by atoms with E-state index in [1.54, 1.807) is 13.8 Å². The van der Waals surface area contributed by atoms with Gasteiger partial charge in [0.2, 0.25) is 5.91 Å². The van der Waals surface area contributed by atoms with Crippen molar-refractivity contribution in [2.24, 2.45) is 0 Å². The normalized spacial score (nSPS) is 16.4. The van der Waals surface area contributed by atoms with Gasteiger partial charge in [-0.05, 0) is 31.5 Å². The van der Waals surface area contributed by atoms with Crippen molar-refractivity contribution in [3.05, 3.63) is 29.8 Å². The summed E-state index contributed by atoms with van der Waals surface area (Å²) in [7, 11) is 0. The number of carbonyl (C=O) groups excluding carboxylic acids is 1. The summed E-state index contributed by atoms with van der Waals surface area (Å²) in [4.78, 5) is 11.1. The molecular weight excluding hydrogens is 204 g/mol. The molecule has 4 nitrogen and oxygen atoms in total. The van der Waals surface area contributed by atoms with E-state index in [0.717, 1.165) is 11.3 Å². The van der Waals surface area contributed by atoms with Crippen LogP contribution >= 0.6 is 0 Å². The fourth-order valence-electron chi connectivity index (χ4n) is 1.72. The van der Waals surface area contributed by atoms with Crippen molar-refractivity contribution in [1.29, 1.82) is 0 Å². The third-order valence-electron chi connectivity index (χ3n) is 2.71. The lowest BCUT2D eigenvalue weighted by Gasteiger charge is -2.21. The first kappa shape index (κ1) is 11.0. The summed E-state index contributed by atoms with van der Waals surface area (Å²) in [5.74, 6) is 0.0477. The Bertz CT molecular complexity index is 392. The van der Waals surface area contributed by atoms with Gasteiger partial charge in [-0.15, -0.1) is 0 Å². The highest BCUT2D eigenvalue weighted by Gasteiger charge is 2.20. The molecule has 1 aromatic carbocycles. The molecule has 0 saturated carbocycles. The van der Waals surface area contributed by atoms with Crippen molar-refractivity contribution >= 4 is 11.6 Å². The molecule has 0 atom stereocenters. The zero-order chi connectivity index (χ0) is 11.8. The third-order valence-corrected chi connectivity index (χ3v) is 2.71. The lowest BCUT2D eigenvalue weighted by atomic mass is 9.98. The van der Waals surface area contributed by atoms with Crippen LogP contribution in [0.25, 0.3) is 0 Å². The Balaban J connectivity index is 2.17. The van der Waals surface area contributed by atoms with Crippen LogP contribution in [0.3, 0.4) is 0 Å². The smallest absolute Gasteiger partial charge is 0.240 e. The largest absolute Gasteiger partial charge is 0.386 e. The number of hydrazine groups is 1. The standard InChI is InChI=1S/C12H16N2O2/c1-12(2,16)9-3-5-10(6-4-9)14-8-7-11(15)13-14/h3-6,16H,7-8H2,1-2H3,(H,13,15). The second kappa shape index (κ2) is 3.79. The first-order valence-electron chi connectivity index (χ1n) is 5.37. The number of anilines is 1. The number of aliphatic hydroxyl groups is 1. The minimum Gasteiger partial charge on any atom is -0.386 e. The number of nitrogens with zero attached hydrogens (tertiary/aromatic N) is 1. The molecule has 0 aliphatic carbocycles. The second-order valence-corrected chi connectivity index (χ2v) is 4.54. The molecule has 0 unspecified atom stereocenters. The zero-order valence-corrected chi connectivity index (χ0v) is 9.53. The molecular formula is C12H16N2O2. The minimum absolute atomic E-state index is 0.0477. The maximum absolute atomic E-state index is 11.1. The molecule has 1 saturated heterocycles. The van der Waals surface area contributed by atoms with Crippen LogP contribution in [0.15, 0.2) is 24.3 Å². The fourth-order valence-corrected chi connectivity index (χ4v) is 1.72. The van der Waals surface area contributed by atoms with E-state index < -0.39 is 5.60 Å². The summed E-state index contributed by atoms with van der Waals surface area (Å²) >= 11 is 0. The number of benzene rings is 1. The molecule has 1 fully saturated rings. The Morgan fingerprint density at radius 1 is 1.31 bits per heavy atom. The summed E-state index contributed by atoms with van der Waals surface area (Å²) in [5, 5.41) is 11.6. The maximum atomic E-state index is 11.1. The van der Waals surface area contributed by atoms with Crippen LogP contribution < -0.4 is 10.4 Å². The van der Waals surface area contributed by atoms with E-state index >= 15 is 0 Å². The van der Waals surface area contributed by atoms with Crippen molar-refractivity contribution in [2.75, 3.05) is 11.6 Å². The summed E-state index contributed by atoms with van der Waals surface area (Å²) in [6.07, 6.45) is 0.535. The van der Waals surface area contributed by atoms with Crippen molar-refractivity contribution < 1.29 is 9.90 Å². The van der Waals surface area contributed by atoms with Gasteiger partial charge in [-0.1, -0.05) is 12.1 Å². The van der Waals surface area contributed by atoms with Gasteiger partial charge in [0.1, 0.15) is 0 Å². The Hall–Kier alpha value is -1.55. The van der Waals surface area contributed by atoms with Crippen LogP contribution in [0.1, 0.15) is 25.8 Å². The topological polar surface area (TPSA) is 52.6 Å². The van der Waals surface area contributed by atoms with E-state index in [1.165, 1.54) is 0 Å². The molecule has 0 spiro atoms. The van der Waals surface area contributed by atoms with Crippen LogP contribution in [0, 0.1) is 0 Å². The summed E-state index contributed by atoms with van der Waals surface area (Å²) in [6, 6.07) is 7.55. The van der Waals surface area contributed by atoms with E-state index in [2.05, 4.69) is 5.43 Å². The van der Waals surface area contributed by atoms with Gasteiger partial charge in [-0.2, -0.15) is 0 Å². The molecule has 2 N–H and O–H groups in total. The SMILES string of the molecule is CC(C)(O)c1ccc(N2CCC(=O)N2)cc1. The quantitative estimate of drug-likeness (QED) is 0.786. The Morgan fingerprint density at radius 3 is 2.38 bits per heavy atom. The molecule has 0 bridgehead atoms. The average Bonchev–Trinajstić information content (AvgIpc) is 2.64. The minimum atomic E-state index is -0.827.